The van der Waals surface area contributed by atoms with Crippen LogP contribution < -0.4 is 4.74 Å². The van der Waals surface area contributed by atoms with Gasteiger partial charge in [-0.15, -0.1) is 0 Å². The van der Waals surface area contributed by atoms with Crippen LogP contribution in [0.25, 0.3) is 6.08 Å². The van der Waals surface area contributed by atoms with Gasteiger partial charge in [0.2, 0.25) is 0 Å². The zero-order valence-electron chi connectivity index (χ0n) is 15.0. The molecule has 142 valence electrons. The number of allylic oxidation sites excluding steroid dienone is 1. The van der Waals surface area contributed by atoms with E-state index in [0.717, 1.165) is 0 Å². The molecule has 0 radical (unpaired) electrons. The minimum absolute atomic E-state index is 0.0693. The highest BCUT2D eigenvalue weighted by Gasteiger charge is 2.27. The van der Waals surface area contributed by atoms with Gasteiger partial charge in [-0.25, -0.2) is 4.79 Å². The number of ether oxygens (including phenoxy) is 1. The summed E-state index contributed by atoms with van der Waals surface area (Å²) in [5.74, 6) is 0.153. The van der Waals surface area contributed by atoms with Crippen LogP contribution in [0.3, 0.4) is 0 Å². The molecule has 7 heteroatoms. The molecule has 0 aromatic heterocycles. The van der Waals surface area contributed by atoms with Gasteiger partial charge < -0.3 is 9.57 Å². The molecule has 0 saturated heterocycles. The molecule has 0 saturated carbocycles. The first-order valence-corrected chi connectivity index (χ1v) is 8.70. The second kappa shape index (κ2) is 7.77. The van der Waals surface area contributed by atoms with Crippen LogP contribution in [0.2, 0.25) is 0 Å². The highest BCUT2D eigenvalue weighted by Crippen LogP contribution is 2.33. The number of hydrogen-bond donors (Lipinski definition) is 0. The predicted molar refractivity (Wildman–Crippen MR) is 107 cm³/mol. The molecule has 1 aliphatic heterocycles. The van der Waals surface area contributed by atoms with E-state index in [2.05, 4.69) is 5.16 Å². The first-order chi connectivity index (χ1) is 14.1. The second-order valence-electron chi connectivity index (χ2n) is 6.11. The number of nitro groups is 1. The van der Waals surface area contributed by atoms with Crippen molar-refractivity contribution >= 4 is 23.4 Å². The normalized spacial score (nSPS) is 15.0. The zero-order chi connectivity index (χ0) is 20.2. The summed E-state index contributed by atoms with van der Waals surface area (Å²) in [6, 6.07) is 21.8. The van der Waals surface area contributed by atoms with Crippen molar-refractivity contribution in [1.82, 2.24) is 0 Å². The molecule has 0 amide bonds. The number of benzene rings is 3. The van der Waals surface area contributed by atoms with E-state index in [1.54, 1.807) is 72.8 Å². The van der Waals surface area contributed by atoms with Gasteiger partial charge in [0.05, 0.1) is 21.6 Å². The summed E-state index contributed by atoms with van der Waals surface area (Å²) < 4.78 is 5.81. The molecule has 0 fully saturated rings. The molecular formula is C22H14N2O5. The summed E-state index contributed by atoms with van der Waals surface area (Å²) >= 11 is 0. The van der Waals surface area contributed by atoms with Crippen molar-refractivity contribution in [2.45, 2.75) is 0 Å². The average Bonchev–Trinajstić information content (AvgIpc) is 3.10. The summed E-state index contributed by atoms with van der Waals surface area (Å²) in [6.45, 7) is 0. The van der Waals surface area contributed by atoms with Crippen molar-refractivity contribution in [3.8, 4) is 5.75 Å². The third-order valence-electron chi connectivity index (χ3n) is 4.24. The smallest absolute Gasteiger partial charge is 0.365 e. The zero-order valence-corrected chi connectivity index (χ0v) is 15.0. The molecule has 0 N–H and O–H groups in total. The van der Waals surface area contributed by atoms with Crippen molar-refractivity contribution in [3.63, 3.8) is 0 Å². The molecule has 0 bridgehead atoms. The minimum Gasteiger partial charge on any atom is -0.454 e. The van der Waals surface area contributed by atoms with Crippen molar-refractivity contribution in [3.05, 3.63) is 111 Å². The van der Waals surface area contributed by atoms with Crippen LogP contribution in [-0.4, -0.2) is 16.6 Å². The Morgan fingerprint density at radius 1 is 0.966 bits per heavy atom. The van der Waals surface area contributed by atoms with Crippen LogP contribution in [0.1, 0.15) is 21.5 Å². The lowest BCUT2D eigenvalue weighted by Crippen LogP contribution is -2.06. The van der Waals surface area contributed by atoms with Gasteiger partial charge in [0.15, 0.2) is 11.5 Å². The van der Waals surface area contributed by atoms with E-state index in [4.69, 9.17) is 9.57 Å². The standard InChI is InChI=1S/C22H14N2O5/c25-22(15-8-2-1-3-9-15)29-23-21-17-11-5-7-13-19(17)28-20(21)14-16-10-4-6-12-18(16)24(26)27/h1-14H/b20-14+,23-21+. The van der Waals surface area contributed by atoms with Gasteiger partial charge in [0.1, 0.15) is 5.75 Å². The largest absolute Gasteiger partial charge is 0.454 e. The number of carbonyl (C=O) groups is 1. The molecule has 0 unspecified atom stereocenters. The lowest BCUT2D eigenvalue weighted by atomic mass is 10.1. The molecule has 4 rings (SSSR count). The minimum atomic E-state index is -0.618. The maximum atomic E-state index is 12.2. The van der Waals surface area contributed by atoms with Gasteiger partial charge in [-0.05, 0) is 36.4 Å². The maximum absolute atomic E-state index is 12.2. The van der Waals surface area contributed by atoms with E-state index in [0.29, 0.717) is 22.4 Å². The van der Waals surface area contributed by atoms with Crippen LogP contribution in [0, 0.1) is 10.1 Å². The quantitative estimate of drug-likeness (QED) is 0.372. The molecule has 3 aromatic carbocycles. The highest BCUT2D eigenvalue weighted by atomic mass is 16.7. The number of rotatable bonds is 4. The van der Waals surface area contributed by atoms with E-state index < -0.39 is 10.9 Å². The Balaban J connectivity index is 1.72. The van der Waals surface area contributed by atoms with Crippen LogP contribution in [-0.2, 0) is 4.84 Å². The summed E-state index contributed by atoms with van der Waals surface area (Å²) in [4.78, 5) is 28.2. The van der Waals surface area contributed by atoms with Crippen LogP contribution in [0.15, 0.2) is 89.8 Å². The number of fused-ring (bicyclic) bond motifs is 1. The first-order valence-electron chi connectivity index (χ1n) is 8.70. The average molecular weight is 386 g/mol. The fourth-order valence-electron chi connectivity index (χ4n) is 2.87. The summed E-state index contributed by atoms with van der Waals surface area (Å²) in [5.41, 5.74) is 1.54. The van der Waals surface area contributed by atoms with E-state index in [1.807, 2.05) is 0 Å². The van der Waals surface area contributed by atoms with Gasteiger partial charge in [-0.2, -0.15) is 0 Å². The fraction of sp³-hybridized carbons (Fsp3) is 0. The van der Waals surface area contributed by atoms with Crippen molar-refractivity contribution < 1.29 is 19.3 Å². The maximum Gasteiger partial charge on any atom is 0.365 e. The second-order valence-corrected chi connectivity index (χ2v) is 6.11. The highest BCUT2D eigenvalue weighted by molar-refractivity contribution is 6.18. The van der Waals surface area contributed by atoms with Gasteiger partial charge in [0.25, 0.3) is 5.69 Å². The third kappa shape index (κ3) is 3.74. The molecule has 7 nitrogen and oxygen atoms in total. The van der Waals surface area contributed by atoms with Gasteiger partial charge in [0, 0.05) is 6.07 Å². The number of hydrogen-bond acceptors (Lipinski definition) is 6. The number of para-hydroxylation sites is 2. The lowest BCUT2D eigenvalue weighted by Gasteiger charge is -2.02. The molecule has 3 aromatic rings. The number of nitro benzene ring substituents is 1. The Labute approximate surface area is 165 Å². The monoisotopic (exact) mass is 386 g/mol. The fourth-order valence-corrected chi connectivity index (χ4v) is 2.87. The van der Waals surface area contributed by atoms with Gasteiger partial charge >= 0.3 is 5.97 Å². The molecule has 1 aliphatic rings. The van der Waals surface area contributed by atoms with Crippen LogP contribution in [0.4, 0.5) is 5.69 Å². The van der Waals surface area contributed by atoms with Gasteiger partial charge in [-0.3, -0.25) is 10.1 Å². The Morgan fingerprint density at radius 2 is 1.66 bits per heavy atom. The van der Waals surface area contributed by atoms with E-state index in [1.165, 1.54) is 12.1 Å². The summed E-state index contributed by atoms with van der Waals surface area (Å²) in [5, 5.41) is 15.3. The Morgan fingerprint density at radius 3 is 2.45 bits per heavy atom. The van der Waals surface area contributed by atoms with Crippen molar-refractivity contribution in [2.24, 2.45) is 5.16 Å². The van der Waals surface area contributed by atoms with Crippen LogP contribution >= 0.6 is 0 Å². The molecule has 1 heterocycles. The van der Waals surface area contributed by atoms with Crippen molar-refractivity contribution in [1.29, 1.82) is 0 Å². The topological polar surface area (TPSA) is 91.0 Å². The van der Waals surface area contributed by atoms with Gasteiger partial charge in [-0.1, -0.05) is 47.6 Å². The molecule has 0 spiro atoms. The Bertz CT molecular complexity index is 1150. The van der Waals surface area contributed by atoms with E-state index >= 15 is 0 Å². The summed E-state index contributed by atoms with van der Waals surface area (Å²) in [6.07, 6.45) is 1.51. The van der Waals surface area contributed by atoms with E-state index in [-0.39, 0.29) is 17.2 Å². The van der Waals surface area contributed by atoms with Crippen molar-refractivity contribution in [2.75, 3.05) is 0 Å². The number of oxime groups is 1. The number of nitrogens with zero attached hydrogens (tertiary/aromatic N) is 2. The predicted octanol–water partition coefficient (Wildman–Crippen LogP) is 4.59. The SMILES string of the molecule is O=C(O/N=C1/C(=C\c2ccccc2[N+](=O)[O-])Oc2ccccc21)c1ccccc1. The summed E-state index contributed by atoms with van der Waals surface area (Å²) in [7, 11) is 0. The molecule has 0 atom stereocenters. The Hall–Kier alpha value is -4.26. The lowest BCUT2D eigenvalue weighted by molar-refractivity contribution is -0.385. The van der Waals surface area contributed by atoms with E-state index in [9.17, 15) is 14.9 Å². The molecule has 0 aliphatic carbocycles. The third-order valence-corrected chi connectivity index (χ3v) is 4.24. The molecular weight excluding hydrogens is 372 g/mol. The molecule has 29 heavy (non-hydrogen) atoms. The Kier molecular flexibility index (Phi) is 4.86. The number of carbonyl (C=O) groups excluding carboxylic acids is 1. The first kappa shape index (κ1) is 18.1. The van der Waals surface area contributed by atoms with Crippen LogP contribution in [0.5, 0.6) is 5.75 Å².